The average molecular weight is 567 g/mol. The van der Waals surface area contributed by atoms with E-state index in [-0.39, 0.29) is 5.91 Å². The smallest absolute Gasteiger partial charge is 0.263 e. The molecule has 0 bridgehead atoms. The first-order valence-corrected chi connectivity index (χ1v) is 11.0. The van der Waals surface area contributed by atoms with Gasteiger partial charge in [0.2, 0.25) is 0 Å². The lowest BCUT2D eigenvalue weighted by molar-refractivity contribution is 0.0964. The van der Waals surface area contributed by atoms with Crippen LogP contribution in [0.25, 0.3) is 22.1 Å². The molecule has 4 aromatic heterocycles. The predicted molar refractivity (Wildman–Crippen MR) is 127 cm³/mol. The van der Waals surface area contributed by atoms with Gasteiger partial charge in [0, 0.05) is 28.7 Å². The largest absolute Gasteiger partial charge is 0.346 e. The zero-order valence-corrected chi connectivity index (χ0v) is 19.8. The Kier molecular flexibility index (Phi) is 6.24. The average Bonchev–Trinajstić information content (AvgIpc) is 3.36. The Morgan fingerprint density at radius 2 is 1.57 bits per heavy atom. The predicted octanol–water partition coefficient (Wildman–Crippen LogP) is 7.12. The molecule has 0 spiro atoms. The number of benzene rings is 1. The van der Waals surface area contributed by atoms with E-state index >= 15 is 0 Å². The number of carbonyl (C=O) groups is 1. The molecule has 0 saturated heterocycles. The van der Waals surface area contributed by atoms with Gasteiger partial charge in [-0.3, -0.25) is 9.36 Å². The number of H-pyrrole nitrogens is 1. The minimum atomic E-state index is -0.128. The molecule has 0 atom stereocenters. The molecule has 0 fully saturated rings. The molecule has 0 saturated carbocycles. The van der Waals surface area contributed by atoms with Gasteiger partial charge in [0.25, 0.3) is 5.91 Å². The summed E-state index contributed by atoms with van der Waals surface area (Å²) < 4.78 is 2.85. The van der Waals surface area contributed by atoms with E-state index in [9.17, 15) is 4.79 Å². The molecule has 0 amide bonds. The third-order valence-corrected chi connectivity index (χ3v) is 5.70. The SMILES string of the molecule is Clc1cc(Br)nc2[nH]ccc12.O=C(c1ccccc1)n1ccc2c(Cl)cc(Br)nc21. The number of nitrogens with zero attached hydrogens (tertiary/aromatic N) is 3. The fourth-order valence-electron chi connectivity index (χ4n) is 2.89. The van der Waals surface area contributed by atoms with E-state index in [0.717, 1.165) is 21.0 Å². The monoisotopic (exact) mass is 564 g/mol. The summed E-state index contributed by atoms with van der Waals surface area (Å²) in [5.74, 6) is -0.128. The summed E-state index contributed by atoms with van der Waals surface area (Å²) in [5, 5.41) is 2.99. The fourth-order valence-corrected chi connectivity index (χ4v) is 4.46. The molecule has 5 aromatic rings. The van der Waals surface area contributed by atoms with Crippen molar-refractivity contribution in [2.45, 2.75) is 0 Å². The summed E-state index contributed by atoms with van der Waals surface area (Å²) in [4.78, 5) is 23.9. The van der Waals surface area contributed by atoms with Crippen LogP contribution >= 0.6 is 55.1 Å². The summed E-state index contributed by atoms with van der Waals surface area (Å²) in [5.41, 5.74) is 1.97. The second-order valence-electron chi connectivity index (χ2n) is 6.19. The highest BCUT2D eigenvalue weighted by Gasteiger charge is 2.14. The van der Waals surface area contributed by atoms with E-state index in [1.54, 1.807) is 36.5 Å². The minimum Gasteiger partial charge on any atom is -0.346 e. The van der Waals surface area contributed by atoms with E-state index in [1.165, 1.54) is 4.57 Å². The van der Waals surface area contributed by atoms with Gasteiger partial charge < -0.3 is 4.98 Å². The number of carbonyl (C=O) groups excluding carboxylic acids is 1. The van der Waals surface area contributed by atoms with Crippen molar-refractivity contribution in [1.82, 2.24) is 19.5 Å². The van der Waals surface area contributed by atoms with Gasteiger partial charge in [-0.1, -0.05) is 41.4 Å². The van der Waals surface area contributed by atoms with Gasteiger partial charge in [-0.05, 0) is 68.3 Å². The molecule has 0 radical (unpaired) electrons. The summed E-state index contributed by atoms with van der Waals surface area (Å²) in [6, 6.07) is 16.2. The molecule has 9 heteroatoms. The Hall–Kier alpha value is -2.19. The zero-order valence-electron chi connectivity index (χ0n) is 15.1. The molecule has 0 aliphatic heterocycles. The topological polar surface area (TPSA) is 63.6 Å². The Morgan fingerprint density at radius 3 is 2.30 bits per heavy atom. The van der Waals surface area contributed by atoms with Crippen LogP contribution in [0.15, 0.2) is 76.2 Å². The van der Waals surface area contributed by atoms with E-state index in [1.807, 2.05) is 30.5 Å². The van der Waals surface area contributed by atoms with Crippen LogP contribution in [0.1, 0.15) is 10.4 Å². The normalized spacial score (nSPS) is 10.8. The quantitative estimate of drug-likeness (QED) is 0.220. The Labute approximate surface area is 198 Å². The first kappa shape index (κ1) is 21.1. The molecule has 0 aliphatic carbocycles. The van der Waals surface area contributed by atoms with E-state index in [0.29, 0.717) is 25.9 Å². The summed E-state index contributed by atoms with van der Waals surface area (Å²) in [6.45, 7) is 0. The van der Waals surface area contributed by atoms with Crippen LogP contribution in [0.3, 0.4) is 0 Å². The van der Waals surface area contributed by atoms with Crippen LogP contribution in [-0.2, 0) is 0 Å². The van der Waals surface area contributed by atoms with E-state index < -0.39 is 0 Å². The third kappa shape index (κ3) is 4.30. The van der Waals surface area contributed by atoms with Crippen LogP contribution < -0.4 is 0 Å². The van der Waals surface area contributed by atoms with Gasteiger partial charge in [-0.15, -0.1) is 0 Å². The molecule has 0 aliphatic rings. The summed E-state index contributed by atoms with van der Waals surface area (Å²) in [6.07, 6.45) is 3.50. The number of rotatable bonds is 1. The Morgan fingerprint density at radius 1 is 0.900 bits per heavy atom. The molecule has 4 heterocycles. The number of hydrogen-bond acceptors (Lipinski definition) is 3. The van der Waals surface area contributed by atoms with Crippen LogP contribution in [0.5, 0.6) is 0 Å². The van der Waals surface area contributed by atoms with Crippen LogP contribution in [-0.4, -0.2) is 25.4 Å². The minimum absolute atomic E-state index is 0.128. The highest BCUT2D eigenvalue weighted by molar-refractivity contribution is 9.10. The molecule has 5 nitrogen and oxygen atoms in total. The molecule has 150 valence electrons. The van der Waals surface area contributed by atoms with Crippen molar-refractivity contribution < 1.29 is 4.79 Å². The Balaban J connectivity index is 0.000000168. The van der Waals surface area contributed by atoms with Gasteiger partial charge in [0.1, 0.15) is 20.5 Å². The molecular weight excluding hydrogens is 555 g/mol. The fraction of sp³-hybridized carbons (Fsp3) is 0. The van der Waals surface area contributed by atoms with Crippen molar-refractivity contribution >= 4 is 83.0 Å². The lowest BCUT2D eigenvalue weighted by atomic mass is 10.2. The third-order valence-electron chi connectivity index (χ3n) is 4.26. The Bertz CT molecular complexity index is 1370. The standard InChI is InChI=1S/C14H8BrClN2O.C7H4BrClN2/c15-12-8-11(16)10-6-7-18(13(10)17-12)14(19)9-4-2-1-3-5-9;8-6-3-5(9)4-1-2-10-7(4)11-6/h1-8H;1-3H,(H,10,11). The highest BCUT2D eigenvalue weighted by atomic mass is 79.9. The number of pyridine rings is 2. The maximum absolute atomic E-state index is 12.4. The summed E-state index contributed by atoms with van der Waals surface area (Å²) >= 11 is 18.6. The maximum Gasteiger partial charge on any atom is 0.263 e. The van der Waals surface area contributed by atoms with Crippen molar-refractivity contribution in [1.29, 1.82) is 0 Å². The zero-order chi connectivity index (χ0) is 21.3. The summed E-state index contributed by atoms with van der Waals surface area (Å²) in [7, 11) is 0. The molecular formula is C21H12Br2Cl2N4O. The van der Waals surface area contributed by atoms with Gasteiger partial charge in [0.05, 0.1) is 10.0 Å². The van der Waals surface area contributed by atoms with Crippen molar-refractivity contribution in [2.24, 2.45) is 0 Å². The number of aromatic nitrogens is 4. The first-order chi connectivity index (χ1) is 14.4. The van der Waals surface area contributed by atoms with Crippen LogP contribution in [0.2, 0.25) is 10.0 Å². The number of aromatic amines is 1. The molecule has 0 unspecified atom stereocenters. The first-order valence-electron chi connectivity index (χ1n) is 8.66. The van der Waals surface area contributed by atoms with Crippen LogP contribution in [0.4, 0.5) is 0 Å². The number of halogens is 4. The second kappa shape index (κ2) is 8.89. The lowest BCUT2D eigenvalue weighted by Crippen LogP contribution is -2.11. The number of nitrogens with one attached hydrogen (secondary N) is 1. The van der Waals surface area contributed by atoms with Crippen LogP contribution in [0, 0.1) is 0 Å². The lowest BCUT2D eigenvalue weighted by Gasteiger charge is -2.04. The highest BCUT2D eigenvalue weighted by Crippen LogP contribution is 2.27. The second-order valence-corrected chi connectivity index (χ2v) is 8.63. The molecule has 1 N–H and O–H groups in total. The van der Waals surface area contributed by atoms with Crippen molar-refractivity contribution in [3.63, 3.8) is 0 Å². The van der Waals surface area contributed by atoms with Gasteiger partial charge in [-0.25, -0.2) is 9.97 Å². The molecule has 30 heavy (non-hydrogen) atoms. The van der Waals surface area contributed by atoms with Gasteiger partial charge in [-0.2, -0.15) is 0 Å². The molecule has 1 aromatic carbocycles. The maximum atomic E-state index is 12.4. The van der Waals surface area contributed by atoms with Crippen molar-refractivity contribution in [3.8, 4) is 0 Å². The number of fused-ring (bicyclic) bond motifs is 2. The van der Waals surface area contributed by atoms with Gasteiger partial charge in [0.15, 0.2) is 0 Å². The van der Waals surface area contributed by atoms with Crippen molar-refractivity contribution in [3.05, 3.63) is 91.8 Å². The van der Waals surface area contributed by atoms with Crippen molar-refractivity contribution in [2.75, 3.05) is 0 Å². The van der Waals surface area contributed by atoms with Gasteiger partial charge >= 0.3 is 0 Å². The van der Waals surface area contributed by atoms with E-state index in [4.69, 9.17) is 23.2 Å². The van der Waals surface area contributed by atoms with E-state index in [2.05, 4.69) is 46.8 Å². The molecule has 5 rings (SSSR count). The number of hydrogen-bond donors (Lipinski definition) is 1.